The van der Waals surface area contributed by atoms with Gasteiger partial charge in [0.05, 0.1) is 5.25 Å². The highest BCUT2D eigenvalue weighted by molar-refractivity contribution is 7.86. The average Bonchev–Trinajstić information content (AvgIpc) is 2.15. The van der Waals surface area contributed by atoms with Gasteiger partial charge in [-0.1, -0.05) is 33.1 Å². The van der Waals surface area contributed by atoms with Crippen molar-refractivity contribution in [1.29, 1.82) is 0 Å². The van der Waals surface area contributed by atoms with Crippen LogP contribution in [-0.4, -0.2) is 18.2 Å². The molecule has 84 valence electrons. The minimum Gasteiger partial charge on any atom is -0.285 e. The predicted octanol–water partition coefficient (Wildman–Crippen LogP) is 2.48. The van der Waals surface area contributed by atoms with Gasteiger partial charge in [-0.25, -0.2) is 0 Å². The van der Waals surface area contributed by atoms with Crippen LogP contribution in [0.2, 0.25) is 0 Å². The first kappa shape index (κ1) is 12.0. The molecular formula is C10H20O3S. The maximum atomic E-state index is 11.2. The zero-order chi connectivity index (χ0) is 10.8. The van der Waals surface area contributed by atoms with Crippen LogP contribution in [0.15, 0.2) is 0 Å². The lowest BCUT2D eigenvalue weighted by atomic mass is 9.79. The molecule has 14 heavy (non-hydrogen) atoms. The molecule has 0 aromatic carbocycles. The maximum Gasteiger partial charge on any atom is 0.268 e. The second-order valence-electron chi connectivity index (χ2n) is 4.39. The summed E-state index contributed by atoms with van der Waals surface area (Å²) in [5.74, 6) is 0.547. The van der Waals surface area contributed by atoms with E-state index in [-0.39, 0.29) is 5.92 Å². The van der Waals surface area contributed by atoms with Crippen molar-refractivity contribution in [2.24, 2.45) is 11.8 Å². The lowest BCUT2D eigenvalue weighted by Crippen LogP contribution is -2.36. The van der Waals surface area contributed by atoms with Crippen molar-refractivity contribution < 1.29 is 13.0 Å². The Balaban J connectivity index is 2.79. The van der Waals surface area contributed by atoms with E-state index in [1.807, 2.05) is 0 Å². The van der Waals surface area contributed by atoms with Gasteiger partial charge >= 0.3 is 0 Å². The van der Waals surface area contributed by atoms with E-state index in [1.54, 1.807) is 0 Å². The van der Waals surface area contributed by atoms with Crippen molar-refractivity contribution in [3.05, 3.63) is 0 Å². The zero-order valence-electron chi connectivity index (χ0n) is 8.94. The van der Waals surface area contributed by atoms with E-state index in [0.717, 1.165) is 25.7 Å². The highest BCUT2D eigenvalue weighted by Crippen LogP contribution is 2.35. The summed E-state index contributed by atoms with van der Waals surface area (Å²) < 4.78 is 31.5. The van der Waals surface area contributed by atoms with Crippen molar-refractivity contribution >= 4 is 10.1 Å². The van der Waals surface area contributed by atoms with Crippen molar-refractivity contribution in [2.45, 2.75) is 51.2 Å². The molecule has 4 heteroatoms. The third-order valence-corrected chi connectivity index (χ3v) is 4.86. The molecule has 0 amide bonds. The summed E-state index contributed by atoms with van der Waals surface area (Å²) in [5, 5.41) is -0.508. The molecule has 3 unspecified atom stereocenters. The van der Waals surface area contributed by atoms with E-state index < -0.39 is 15.4 Å². The quantitative estimate of drug-likeness (QED) is 0.743. The highest BCUT2D eigenvalue weighted by Gasteiger charge is 2.36. The Morgan fingerprint density at radius 2 is 1.93 bits per heavy atom. The summed E-state index contributed by atoms with van der Waals surface area (Å²) in [5.41, 5.74) is 0. The van der Waals surface area contributed by atoms with E-state index in [0.29, 0.717) is 12.3 Å². The Morgan fingerprint density at radius 1 is 1.36 bits per heavy atom. The van der Waals surface area contributed by atoms with Crippen LogP contribution >= 0.6 is 0 Å². The van der Waals surface area contributed by atoms with E-state index in [4.69, 9.17) is 4.55 Å². The fourth-order valence-electron chi connectivity index (χ4n) is 2.45. The summed E-state index contributed by atoms with van der Waals surface area (Å²) in [6, 6.07) is 0. The fraction of sp³-hybridized carbons (Fsp3) is 1.00. The van der Waals surface area contributed by atoms with Gasteiger partial charge < -0.3 is 0 Å². The molecule has 1 fully saturated rings. The van der Waals surface area contributed by atoms with Crippen molar-refractivity contribution in [3.8, 4) is 0 Å². The van der Waals surface area contributed by atoms with Crippen molar-refractivity contribution in [3.63, 3.8) is 0 Å². The second-order valence-corrected chi connectivity index (χ2v) is 6.02. The molecule has 0 aromatic heterocycles. The Hall–Kier alpha value is -0.0900. The van der Waals surface area contributed by atoms with E-state index >= 15 is 0 Å². The van der Waals surface area contributed by atoms with Gasteiger partial charge in [-0.2, -0.15) is 8.42 Å². The minimum atomic E-state index is -3.83. The predicted molar refractivity (Wildman–Crippen MR) is 56.7 cm³/mol. The van der Waals surface area contributed by atoms with Crippen LogP contribution in [0.25, 0.3) is 0 Å². The normalized spacial score (nSPS) is 31.4. The topological polar surface area (TPSA) is 54.4 Å². The van der Waals surface area contributed by atoms with Crippen LogP contribution in [0.1, 0.15) is 46.0 Å². The molecule has 3 atom stereocenters. The lowest BCUT2D eigenvalue weighted by molar-refractivity contribution is 0.251. The van der Waals surface area contributed by atoms with Gasteiger partial charge in [-0.15, -0.1) is 0 Å². The average molecular weight is 220 g/mol. The number of hydrogen-bond acceptors (Lipinski definition) is 2. The number of hydrogen-bond donors (Lipinski definition) is 1. The third kappa shape index (κ3) is 2.70. The monoisotopic (exact) mass is 220 g/mol. The second kappa shape index (κ2) is 4.62. The Morgan fingerprint density at radius 3 is 2.43 bits per heavy atom. The molecule has 0 radical (unpaired) electrons. The Kier molecular flexibility index (Phi) is 3.95. The first-order valence-electron chi connectivity index (χ1n) is 5.43. The smallest absolute Gasteiger partial charge is 0.268 e. The zero-order valence-corrected chi connectivity index (χ0v) is 9.76. The van der Waals surface area contributed by atoms with Gasteiger partial charge in [0.2, 0.25) is 0 Å². The molecule has 0 bridgehead atoms. The summed E-state index contributed by atoms with van der Waals surface area (Å²) in [6.07, 6.45) is 4.59. The van der Waals surface area contributed by atoms with Crippen molar-refractivity contribution in [2.75, 3.05) is 0 Å². The first-order chi connectivity index (χ1) is 6.46. The molecule has 1 N–H and O–H groups in total. The molecule has 1 aliphatic carbocycles. The lowest BCUT2D eigenvalue weighted by Gasteiger charge is -2.33. The van der Waals surface area contributed by atoms with Gasteiger partial charge in [0, 0.05) is 0 Å². The van der Waals surface area contributed by atoms with Gasteiger partial charge in [0.15, 0.2) is 0 Å². The summed E-state index contributed by atoms with van der Waals surface area (Å²) in [7, 11) is -3.83. The van der Waals surface area contributed by atoms with Crippen LogP contribution in [0.4, 0.5) is 0 Å². The van der Waals surface area contributed by atoms with Crippen LogP contribution in [0, 0.1) is 11.8 Å². The molecule has 0 aromatic rings. The van der Waals surface area contributed by atoms with Crippen LogP contribution in [-0.2, 0) is 10.1 Å². The van der Waals surface area contributed by atoms with Crippen LogP contribution in [0.5, 0.6) is 0 Å². The molecule has 3 nitrogen and oxygen atoms in total. The first-order valence-corrected chi connectivity index (χ1v) is 6.93. The molecule has 1 aliphatic rings. The van der Waals surface area contributed by atoms with Crippen LogP contribution in [0.3, 0.4) is 0 Å². The Bertz CT molecular complexity index is 271. The van der Waals surface area contributed by atoms with Crippen LogP contribution < -0.4 is 0 Å². The summed E-state index contributed by atoms with van der Waals surface area (Å²) >= 11 is 0. The molecule has 1 rings (SSSR count). The maximum absolute atomic E-state index is 11.2. The molecule has 0 saturated heterocycles. The minimum absolute atomic E-state index is 0.156. The summed E-state index contributed by atoms with van der Waals surface area (Å²) in [6.45, 7) is 4.15. The fourth-order valence-corrected chi connectivity index (χ4v) is 3.76. The van der Waals surface area contributed by atoms with Gasteiger partial charge in [0.1, 0.15) is 0 Å². The Labute approximate surface area is 86.6 Å². The van der Waals surface area contributed by atoms with E-state index in [2.05, 4.69) is 13.8 Å². The van der Waals surface area contributed by atoms with E-state index in [9.17, 15) is 8.42 Å². The number of rotatable bonds is 3. The third-order valence-electron chi connectivity index (χ3n) is 3.51. The largest absolute Gasteiger partial charge is 0.285 e. The molecule has 0 heterocycles. The molecule has 0 spiro atoms. The summed E-state index contributed by atoms with van der Waals surface area (Å²) in [4.78, 5) is 0. The standard InChI is InChI=1S/C10H20O3S/c1-3-8(2)9-6-4-5-7-10(9)14(11,12)13/h8-10H,3-7H2,1-2H3,(H,11,12,13). The van der Waals surface area contributed by atoms with Gasteiger partial charge in [-0.3, -0.25) is 4.55 Å². The molecule has 1 saturated carbocycles. The van der Waals surface area contributed by atoms with Crippen molar-refractivity contribution in [1.82, 2.24) is 0 Å². The molecular weight excluding hydrogens is 200 g/mol. The van der Waals surface area contributed by atoms with E-state index in [1.165, 1.54) is 0 Å². The highest BCUT2D eigenvalue weighted by atomic mass is 32.2. The molecule has 0 aliphatic heterocycles. The van der Waals surface area contributed by atoms with Gasteiger partial charge in [0.25, 0.3) is 10.1 Å². The SMILES string of the molecule is CCC(C)C1CCCCC1S(=O)(=O)O. The van der Waals surface area contributed by atoms with Gasteiger partial charge in [-0.05, 0) is 24.7 Å².